The van der Waals surface area contributed by atoms with Crippen molar-refractivity contribution in [1.82, 2.24) is 0 Å². The Bertz CT molecular complexity index is 591. The van der Waals surface area contributed by atoms with E-state index >= 15 is 0 Å². The third-order valence-corrected chi connectivity index (χ3v) is 4.49. The summed E-state index contributed by atoms with van der Waals surface area (Å²) in [6.45, 7) is 1.66. The highest BCUT2D eigenvalue weighted by molar-refractivity contribution is 7.92. The topological polar surface area (TPSA) is 72.5 Å². The monoisotopic (exact) mass is 323 g/mol. The molecule has 1 atom stereocenters. The van der Waals surface area contributed by atoms with Crippen molar-refractivity contribution >= 4 is 33.3 Å². The van der Waals surface area contributed by atoms with Crippen LogP contribution in [0.5, 0.6) is 0 Å². The number of benzene rings is 1. The van der Waals surface area contributed by atoms with E-state index in [-0.39, 0.29) is 28.8 Å². The molecular formula is C12H15ClFNO4S. The van der Waals surface area contributed by atoms with Crippen LogP contribution >= 0.6 is 11.6 Å². The molecule has 5 nitrogen and oxygen atoms in total. The number of ether oxygens (including phenoxy) is 1. The molecule has 0 aliphatic rings. The van der Waals surface area contributed by atoms with Crippen molar-refractivity contribution in [3.05, 3.63) is 29.6 Å². The first kappa shape index (κ1) is 16.7. The predicted molar refractivity (Wildman–Crippen MR) is 75.0 cm³/mol. The van der Waals surface area contributed by atoms with Crippen LogP contribution in [0.2, 0.25) is 0 Å². The number of sulfonamides is 1. The van der Waals surface area contributed by atoms with Gasteiger partial charge in [0, 0.05) is 5.88 Å². The van der Waals surface area contributed by atoms with Gasteiger partial charge in [-0.1, -0.05) is 6.92 Å². The number of hydrogen-bond acceptors (Lipinski definition) is 4. The second-order valence-electron chi connectivity index (χ2n) is 4.33. The molecule has 0 radical (unpaired) electrons. The van der Waals surface area contributed by atoms with E-state index in [1.165, 1.54) is 13.2 Å². The molecule has 0 spiro atoms. The Morgan fingerprint density at radius 1 is 1.50 bits per heavy atom. The van der Waals surface area contributed by atoms with Gasteiger partial charge in [0.15, 0.2) is 0 Å². The van der Waals surface area contributed by atoms with Crippen LogP contribution in [-0.4, -0.2) is 33.1 Å². The number of rotatable bonds is 6. The van der Waals surface area contributed by atoms with E-state index in [1.54, 1.807) is 6.92 Å². The lowest BCUT2D eigenvalue weighted by Gasteiger charge is -2.12. The average Bonchev–Trinajstić information content (AvgIpc) is 2.39. The van der Waals surface area contributed by atoms with Gasteiger partial charge in [-0.25, -0.2) is 17.6 Å². The zero-order valence-electron chi connectivity index (χ0n) is 11.0. The molecule has 0 aliphatic heterocycles. The summed E-state index contributed by atoms with van der Waals surface area (Å²) in [5, 5.41) is 0. The van der Waals surface area contributed by atoms with E-state index in [0.29, 0.717) is 0 Å². The zero-order chi connectivity index (χ0) is 15.3. The van der Waals surface area contributed by atoms with Crippen LogP contribution in [0.4, 0.5) is 10.1 Å². The van der Waals surface area contributed by atoms with E-state index in [0.717, 1.165) is 12.1 Å². The van der Waals surface area contributed by atoms with Crippen LogP contribution in [0, 0.1) is 11.7 Å². The molecule has 1 rings (SSSR count). The largest absolute Gasteiger partial charge is 0.465 e. The minimum atomic E-state index is -3.74. The molecule has 0 saturated carbocycles. The van der Waals surface area contributed by atoms with Gasteiger partial charge >= 0.3 is 5.97 Å². The van der Waals surface area contributed by atoms with Crippen LogP contribution in [0.25, 0.3) is 0 Å². The number of carbonyl (C=O) groups is 1. The normalized spacial score (nSPS) is 12.8. The average molecular weight is 324 g/mol. The molecule has 0 heterocycles. The third kappa shape index (κ3) is 4.64. The van der Waals surface area contributed by atoms with Crippen molar-refractivity contribution < 1.29 is 22.3 Å². The van der Waals surface area contributed by atoms with Gasteiger partial charge in [0.05, 0.1) is 24.1 Å². The van der Waals surface area contributed by atoms with Crippen molar-refractivity contribution in [2.24, 2.45) is 5.92 Å². The SMILES string of the molecule is COC(=O)c1ccc(F)c(NS(=O)(=O)CC(C)CCl)c1. The number of hydrogen-bond donors (Lipinski definition) is 1. The fraction of sp³-hybridized carbons (Fsp3) is 0.417. The maximum absolute atomic E-state index is 13.6. The highest BCUT2D eigenvalue weighted by Crippen LogP contribution is 2.19. The molecule has 0 fully saturated rings. The van der Waals surface area contributed by atoms with Gasteiger partial charge in [-0.15, -0.1) is 11.6 Å². The van der Waals surface area contributed by atoms with Gasteiger partial charge in [0.1, 0.15) is 5.82 Å². The molecule has 1 aromatic carbocycles. The molecular weight excluding hydrogens is 309 g/mol. The van der Waals surface area contributed by atoms with Gasteiger partial charge < -0.3 is 4.74 Å². The van der Waals surface area contributed by atoms with E-state index in [9.17, 15) is 17.6 Å². The van der Waals surface area contributed by atoms with E-state index in [1.807, 2.05) is 0 Å². The van der Waals surface area contributed by atoms with Crippen molar-refractivity contribution in [2.45, 2.75) is 6.92 Å². The van der Waals surface area contributed by atoms with Crippen LogP contribution in [0.3, 0.4) is 0 Å². The smallest absolute Gasteiger partial charge is 0.337 e. The van der Waals surface area contributed by atoms with Crippen molar-refractivity contribution in [3.63, 3.8) is 0 Å². The van der Waals surface area contributed by atoms with E-state index in [4.69, 9.17) is 11.6 Å². The molecule has 1 N–H and O–H groups in total. The van der Waals surface area contributed by atoms with E-state index < -0.39 is 21.8 Å². The summed E-state index contributed by atoms with van der Waals surface area (Å²) in [4.78, 5) is 11.3. The number of esters is 1. The fourth-order valence-corrected chi connectivity index (χ4v) is 3.16. The number of anilines is 1. The Morgan fingerprint density at radius 2 is 2.15 bits per heavy atom. The Morgan fingerprint density at radius 3 is 2.70 bits per heavy atom. The molecule has 0 aromatic heterocycles. The van der Waals surface area contributed by atoms with Crippen molar-refractivity contribution in [1.29, 1.82) is 0 Å². The number of alkyl halides is 1. The molecule has 0 bridgehead atoms. The van der Waals surface area contributed by atoms with Crippen LogP contribution in [-0.2, 0) is 14.8 Å². The van der Waals surface area contributed by atoms with Crippen LogP contribution in [0.15, 0.2) is 18.2 Å². The number of halogens is 2. The van der Waals surface area contributed by atoms with Gasteiger partial charge in [-0.05, 0) is 24.1 Å². The molecule has 0 amide bonds. The first-order valence-electron chi connectivity index (χ1n) is 5.73. The lowest BCUT2D eigenvalue weighted by Crippen LogP contribution is -2.22. The molecule has 1 unspecified atom stereocenters. The molecule has 112 valence electrons. The molecule has 0 saturated heterocycles. The second kappa shape index (κ2) is 6.90. The van der Waals surface area contributed by atoms with E-state index in [2.05, 4.69) is 9.46 Å². The summed E-state index contributed by atoms with van der Waals surface area (Å²) in [6, 6.07) is 3.29. The van der Waals surface area contributed by atoms with Gasteiger partial charge in [0.25, 0.3) is 0 Å². The number of methoxy groups -OCH3 is 1. The Balaban J connectivity index is 2.99. The van der Waals surface area contributed by atoms with Gasteiger partial charge in [-0.2, -0.15) is 0 Å². The highest BCUT2D eigenvalue weighted by atomic mass is 35.5. The Hall–Kier alpha value is -1.34. The first-order valence-corrected chi connectivity index (χ1v) is 7.92. The van der Waals surface area contributed by atoms with Gasteiger partial charge in [0.2, 0.25) is 10.0 Å². The summed E-state index contributed by atoms with van der Waals surface area (Å²) < 4.78 is 43.8. The first-order chi connectivity index (χ1) is 9.29. The Kier molecular flexibility index (Phi) is 5.76. The highest BCUT2D eigenvalue weighted by Gasteiger charge is 2.18. The standard InChI is InChI=1S/C12H15ClFNO4S/c1-8(6-13)7-20(17,18)15-11-5-9(12(16)19-2)3-4-10(11)14/h3-5,8,15H,6-7H2,1-2H3. The second-order valence-corrected chi connectivity index (χ2v) is 6.40. The number of nitrogens with one attached hydrogen (secondary N) is 1. The van der Waals surface area contributed by atoms with Crippen molar-refractivity contribution in [3.8, 4) is 0 Å². The molecule has 8 heteroatoms. The molecule has 0 aliphatic carbocycles. The summed E-state index contributed by atoms with van der Waals surface area (Å²) in [7, 11) is -2.57. The molecule has 1 aromatic rings. The minimum absolute atomic E-state index is 0.0528. The zero-order valence-corrected chi connectivity index (χ0v) is 12.6. The minimum Gasteiger partial charge on any atom is -0.465 e. The number of carbonyl (C=O) groups excluding carboxylic acids is 1. The quantitative estimate of drug-likeness (QED) is 0.643. The maximum atomic E-state index is 13.6. The summed E-state index contributed by atoms with van der Waals surface area (Å²) in [5.41, 5.74) is -0.244. The third-order valence-electron chi connectivity index (χ3n) is 2.42. The summed E-state index contributed by atoms with van der Waals surface area (Å²) in [6.07, 6.45) is 0. The maximum Gasteiger partial charge on any atom is 0.337 e. The van der Waals surface area contributed by atoms with Crippen LogP contribution < -0.4 is 4.72 Å². The Labute approximate surface area is 122 Å². The lowest BCUT2D eigenvalue weighted by molar-refractivity contribution is 0.0600. The van der Waals surface area contributed by atoms with Gasteiger partial charge in [-0.3, -0.25) is 4.72 Å². The lowest BCUT2D eigenvalue weighted by atomic mass is 10.2. The predicted octanol–water partition coefficient (Wildman–Crippen LogP) is 2.23. The summed E-state index contributed by atoms with van der Waals surface area (Å²) >= 11 is 5.55. The fourth-order valence-electron chi connectivity index (χ4n) is 1.48. The van der Waals surface area contributed by atoms with Crippen LogP contribution in [0.1, 0.15) is 17.3 Å². The molecule has 20 heavy (non-hydrogen) atoms. The summed E-state index contributed by atoms with van der Waals surface area (Å²) in [5.74, 6) is -1.80. The van der Waals surface area contributed by atoms with Crippen molar-refractivity contribution in [2.75, 3.05) is 23.5 Å².